The molecule has 0 bridgehead atoms. The van der Waals surface area contributed by atoms with E-state index in [0.29, 0.717) is 25.6 Å². The monoisotopic (exact) mass is 314 g/mol. The Bertz CT molecular complexity index is 498. The molecule has 0 saturated heterocycles. The average Bonchev–Trinajstić information content (AvgIpc) is 2.43. The predicted octanol–water partition coefficient (Wildman–Crippen LogP) is 2.46. The molecule has 0 heterocycles. The van der Waals surface area contributed by atoms with E-state index in [2.05, 4.69) is 23.9 Å². The third kappa shape index (κ3) is 6.93. The van der Waals surface area contributed by atoms with Gasteiger partial charge in [0.1, 0.15) is 0 Å². The van der Waals surface area contributed by atoms with Gasteiger partial charge in [-0.3, -0.25) is 0 Å². The maximum atomic E-state index is 11.8. The van der Waals surface area contributed by atoms with E-state index >= 15 is 0 Å². The van der Waals surface area contributed by atoms with Crippen molar-refractivity contribution in [1.29, 1.82) is 0 Å². The highest BCUT2D eigenvalue weighted by Gasteiger charge is 2.11. The number of hydrogen-bond acceptors (Lipinski definition) is 4. The standard InChI is InChI=1S/C15H26N2O3S/c1-4-17-21(18,19)15-7-5-14(6-8-15)16-10-12-20-11-9-13(2)3/h5-8,13,16-17H,4,9-12H2,1-3H3. The number of sulfonamides is 1. The fourth-order valence-corrected chi connectivity index (χ4v) is 2.76. The Hall–Kier alpha value is -1.11. The molecule has 0 aromatic heterocycles. The number of anilines is 1. The van der Waals surface area contributed by atoms with Crippen LogP contribution in [0.2, 0.25) is 0 Å². The second-order valence-electron chi connectivity index (χ2n) is 5.25. The quantitative estimate of drug-likeness (QED) is 0.651. The highest BCUT2D eigenvalue weighted by molar-refractivity contribution is 7.89. The predicted molar refractivity (Wildman–Crippen MR) is 86.1 cm³/mol. The van der Waals surface area contributed by atoms with Crippen LogP contribution in [0.4, 0.5) is 5.69 Å². The lowest BCUT2D eigenvalue weighted by molar-refractivity contribution is 0.132. The molecule has 0 spiro atoms. The van der Waals surface area contributed by atoms with E-state index in [0.717, 1.165) is 18.7 Å². The summed E-state index contributed by atoms with van der Waals surface area (Å²) in [5.74, 6) is 0.657. The second kappa shape index (κ2) is 9.02. The highest BCUT2D eigenvalue weighted by Crippen LogP contribution is 2.13. The van der Waals surface area contributed by atoms with Crippen molar-refractivity contribution in [2.24, 2.45) is 5.92 Å². The number of rotatable bonds is 10. The molecular weight excluding hydrogens is 288 g/mol. The molecule has 0 aliphatic heterocycles. The molecule has 1 aromatic rings. The molecule has 6 heteroatoms. The normalized spacial score (nSPS) is 11.8. The van der Waals surface area contributed by atoms with Crippen LogP contribution in [0.25, 0.3) is 0 Å². The molecule has 0 saturated carbocycles. The zero-order valence-corrected chi connectivity index (χ0v) is 13.9. The summed E-state index contributed by atoms with van der Waals surface area (Å²) < 4.78 is 31.5. The van der Waals surface area contributed by atoms with Crippen molar-refractivity contribution in [3.63, 3.8) is 0 Å². The van der Waals surface area contributed by atoms with Crippen LogP contribution in [0.3, 0.4) is 0 Å². The lowest BCUT2D eigenvalue weighted by atomic mass is 10.1. The van der Waals surface area contributed by atoms with Gasteiger partial charge in [-0.2, -0.15) is 0 Å². The Morgan fingerprint density at radius 3 is 2.38 bits per heavy atom. The van der Waals surface area contributed by atoms with Gasteiger partial charge in [-0.05, 0) is 36.6 Å². The number of benzene rings is 1. The van der Waals surface area contributed by atoms with Crippen LogP contribution in [-0.4, -0.2) is 34.7 Å². The Morgan fingerprint density at radius 1 is 1.14 bits per heavy atom. The first kappa shape index (κ1) is 17.9. The fraction of sp³-hybridized carbons (Fsp3) is 0.600. The molecule has 1 aromatic carbocycles. The zero-order valence-electron chi connectivity index (χ0n) is 13.1. The van der Waals surface area contributed by atoms with Crippen molar-refractivity contribution in [2.75, 3.05) is 31.6 Å². The Balaban J connectivity index is 2.35. The molecule has 0 aliphatic rings. The molecule has 2 N–H and O–H groups in total. The zero-order chi connectivity index (χ0) is 15.7. The summed E-state index contributed by atoms with van der Waals surface area (Å²) in [4.78, 5) is 0.281. The smallest absolute Gasteiger partial charge is 0.240 e. The van der Waals surface area contributed by atoms with Crippen LogP contribution in [0.5, 0.6) is 0 Å². The summed E-state index contributed by atoms with van der Waals surface area (Å²) in [5, 5.41) is 3.20. The van der Waals surface area contributed by atoms with Crippen LogP contribution in [-0.2, 0) is 14.8 Å². The van der Waals surface area contributed by atoms with Crippen LogP contribution in [0, 0.1) is 5.92 Å². The van der Waals surface area contributed by atoms with E-state index in [9.17, 15) is 8.42 Å². The largest absolute Gasteiger partial charge is 0.383 e. The molecule has 21 heavy (non-hydrogen) atoms. The first-order chi connectivity index (χ1) is 9.95. The van der Waals surface area contributed by atoms with E-state index in [1.165, 1.54) is 0 Å². The van der Waals surface area contributed by atoms with Crippen molar-refractivity contribution < 1.29 is 13.2 Å². The summed E-state index contributed by atoms with van der Waals surface area (Å²) in [7, 11) is -3.37. The van der Waals surface area contributed by atoms with Gasteiger partial charge in [-0.15, -0.1) is 0 Å². The van der Waals surface area contributed by atoms with Gasteiger partial charge in [0, 0.05) is 25.4 Å². The van der Waals surface area contributed by atoms with Crippen molar-refractivity contribution in [2.45, 2.75) is 32.1 Å². The molecule has 0 atom stereocenters. The molecule has 120 valence electrons. The van der Waals surface area contributed by atoms with E-state index in [-0.39, 0.29) is 4.90 Å². The molecule has 0 fully saturated rings. The lowest BCUT2D eigenvalue weighted by Gasteiger charge is -2.09. The molecule has 0 radical (unpaired) electrons. The maximum absolute atomic E-state index is 11.8. The Kier molecular flexibility index (Phi) is 7.71. The van der Waals surface area contributed by atoms with Gasteiger partial charge in [0.2, 0.25) is 10.0 Å². The SMILES string of the molecule is CCNS(=O)(=O)c1ccc(NCCOCCC(C)C)cc1. The van der Waals surface area contributed by atoms with Gasteiger partial charge < -0.3 is 10.1 Å². The van der Waals surface area contributed by atoms with E-state index < -0.39 is 10.0 Å². The Labute approximate surface area is 128 Å². The number of nitrogens with one attached hydrogen (secondary N) is 2. The molecule has 0 aliphatic carbocycles. The van der Waals surface area contributed by atoms with Crippen LogP contribution >= 0.6 is 0 Å². The molecule has 0 amide bonds. The molecule has 5 nitrogen and oxygen atoms in total. The van der Waals surface area contributed by atoms with Crippen LogP contribution in [0.15, 0.2) is 29.2 Å². The highest BCUT2D eigenvalue weighted by atomic mass is 32.2. The molecular formula is C15H26N2O3S. The topological polar surface area (TPSA) is 67.4 Å². The first-order valence-electron chi connectivity index (χ1n) is 7.37. The number of hydrogen-bond donors (Lipinski definition) is 2. The molecule has 0 unspecified atom stereocenters. The van der Waals surface area contributed by atoms with Crippen molar-refractivity contribution in [1.82, 2.24) is 4.72 Å². The lowest BCUT2D eigenvalue weighted by Crippen LogP contribution is -2.23. The summed E-state index contributed by atoms with van der Waals surface area (Å²) >= 11 is 0. The van der Waals surface area contributed by atoms with Crippen molar-refractivity contribution >= 4 is 15.7 Å². The summed E-state index contributed by atoms with van der Waals surface area (Å²) in [6, 6.07) is 6.72. The van der Waals surface area contributed by atoms with Gasteiger partial charge in [0.25, 0.3) is 0 Å². The first-order valence-corrected chi connectivity index (χ1v) is 8.85. The number of ether oxygens (including phenoxy) is 1. The van der Waals surface area contributed by atoms with Crippen LogP contribution < -0.4 is 10.0 Å². The maximum Gasteiger partial charge on any atom is 0.240 e. The third-order valence-electron chi connectivity index (χ3n) is 2.91. The minimum Gasteiger partial charge on any atom is -0.383 e. The van der Waals surface area contributed by atoms with Gasteiger partial charge in [-0.25, -0.2) is 13.1 Å². The van der Waals surface area contributed by atoms with E-state index in [1.54, 1.807) is 31.2 Å². The second-order valence-corrected chi connectivity index (χ2v) is 7.01. The van der Waals surface area contributed by atoms with Crippen molar-refractivity contribution in [3.05, 3.63) is 24.3 Å². The van der Waals surface area contributed by atoms with E-state index in [1.807, 2.05) is 0 Å². The Morgan fingerprint density at radius 2 is 1.81 bits per heavy atom. The van der Waals surface area contributed by atoms with Gasteiger partial charge in [-0.1, -0.05) is 20.8 Å². The summed E-state index contributed by atoms with van der Waals surface area (Å²) in [6.45, 7) is 8.61. The van der Waals surface area contributed by atoms with Gasteiger partial charge in [0.15, 0.2) is 0 Å². The fourth-order valence-electron chi connectivity index (χ4n) is 1.71. The van der Waals surface area contributed by atoms with Gasteiger partial charge >= 0.3 is 0 Å². The minimum absolute atomic E-state index is 0.281. The van der Waals surface area contributed by atoms with Gasteiger partial charge in [0.05, 0.1) is 11.5 Å². The summed E-state index contributed by atoms with van der Waals surface area (Å²) in [5.41, 5.74) is 0.887. The van der Waals surface area contributed by atoms with E-state index in [4.69, 9.17) is 4.74 Å². The summed E-state index contributed by atoms with van der Waals surface area (Å²) in [6.07, 6.45) is 1.07. The third-order valence-corrected chi connectivity index (χ3v) is 4.48. The minimum atomic E-state index is -3.37. The average molecular weight is 314 g/mol. The van der Waals surface area contributed by atoms with Crippen molar-refractivity contribution in [3.8, 4) is 0 Å². The van der Waals surface area contributed by atoms with Crippen LogP contribution in [0.1, 0.15) is 27.2 Å². The molecule has 1 rings (SSSR count).